The van der Waals surface area contributed by atoms with Crippen molar-refractivity contribution < 1.29 is 17.9 Å². The largest absolute Gasteiger partial charge is 0.493 e. The SMILES string of the molecule is COc1c(Cl)ccc2c(=O)c3ccc(C(C)(C)C)cc3n(CC(=O)CS(C)(=O)=O)c12. The van der Waals surface area contributed by atoms with Gasteiger partial charge in [-0.05, 0) is 35.2 Å². The Hall–Kier alpha value is -2.38. The summed E-state index contributed by atoms with van der Waals surface area (Å²) >= 11 is 6.30. The molecular weight excluding hydrogens is 426 g/mol. The summed E-state index contributed by atoms with van der Waals surface area (Å²) in [7, 11) is -2.06. The Bertz CT molecular complexity index is 1330. The third kappa shape index (κ3) is 4.23. The number of sulfone groups is 1. The van der Waals surface area contributed by atoms with Gasteiger partial charge in [0.1, 0.15) is 5.75 Å². The molecule has 3 rings (SSSR count). The van der Waals surface area contributed by atoms with Gasteiger partial charge in [0, 0.05) is 11.6 Å². The topological polar surface area (TPSA) is 82.4 Å². The van der Waals surface area contributed by atoms with Crippen molar-refractivity contribution in [3.63, 3.8) is 0 Å². The number of nitrogens with zero attached hydrogens (tertiary/aromatic N) is 1. The number of ether oxygens (including phenoxy) is 1. The molecule has 0 saturated carbocycles. The molecule has 2 aromatic carbocycles. The lowest BCUT2D eigenvalue weighted by Crippen LogP contribution is -2.23. The first-order valence-electron chi connectivity index (χ1n) is 9.36. The first-order valence-corrected chi connectivity index (χ1v) is 11.8. The Morgan fingerprint density at radius 1 is 1.13 bits per heavy atom. The molecule has 0 unspecified atom stereocenters. The minimum Gasteiger partial charge on any atom is -0.493 e. The number of halogens is 1. The third-order valence-corrected chi connectivity index (χ3v) is 6.10. The summed E-state index contributed by atoms with van der Waals surface area (Å²) in [5.41, 5.74) is 1.47. The van der Waals surface area contributed by atoms with E-state index in [1.165, 1.54) is 7.11 Å². The maximum absolute atomic E-state index is 13.2. The van der Waals surface area contributed by atoms with Crippen LogP contribution in [0.1, 0.15) is 26.3 Å². The highest BCUT2D eigenvalue weighted by molar-refractivity contribution is 7.91. The van der Waals surface area contributed by atoms with Crippen LogP contribution in [0.5, 0.6) is 5.75 Å². The lowest BCUT2D eigenvalue weighted by atomic mass is 9.86. The van der Waals surface area contributed by atoms with Crippen LogP contribution in [0.2, 0.25) is 5.02 Å². The monoisotopic (exact) mass is 449 g/mol. The second-order valence-corrected chi connectivity index (χ2v) is 11.0. The quantitative estimate of drug-likeness (QED) is 0.554. The predicted octanol–water partition coefficient (Wildman–Crippen LogP) is 3.73. The molecule has 0 aliphatic rings. The first-order chi connectivity index (χ1) is 13.8. The van der Waals surface area contributed by atoms with E-state index in [4.69, 9.17) is 16.3 Å². The van der Waals surface area contributed by atoms with Crippen LogP contribution < -0.4 is 10.2 Å². The number of carbonyl (C=O) groups excluding carboxylic acids is 1. The van der Waals surface area contributed by atoms with Crippen molar-refractivity contribution in [1.29, 1.82) is 0 Å². The summed E-state index contributed by atoms with van der Waals surface area (Å²) in [6, 6.07) is 8.67. The molecule has 3 aromatic rings. The number of rotatable bonds is 5. The highest BCUT2D eigenvalue weighted by Gasteiger charge is 2.22. The van der Waals surface area contributed by atoms with Crippen LogP contribution >= 0.6 is 11.6 Å². The van der Waals surface area contributed by atoms with Gasteiger partial charge in [0.2, 0.25) is 0 Å². The lowest BCUT2D eigenvalue weighted by Gasteiger charge is -2.22. The molecule has 0 amide bonds. The van der Waals surface area contributed by atoms with Crippen molar-refractivity contribution in [3.05, 3.63) is 51.1 Å². The Morgan fingerprint density at radius 3 is 2.33 bits per heavy atom. The van der Waals surface area contributed by atoms with Gasteiger partial charge in [-0.1, -0.05) is 38.4 Å². The average molecular weight is 450 g/mol. The van der Waals surface area contributed by atoms with Gasteiger partial charge in [-0.2, -0.15) is 0 Å². The number of benzene rings is 2. The maximum atomic E-state index is 13.2. The van der Waals surface area contributed by atoms with Gasteiger partial charge in [0.25, 0.3) is 0 Å². The van der Waals surface area contributed by atoms with Gasteiger partial charge in [0.05, 0.1) is 35.1 Å². The lowest BCUT2D eigenvalue weighted by molar-refractivity contribution is -0.117. The molecule has 0 aliphatic carbocycles. The van der Waals surface area contributed by atoms with Crippen molar-refractivity contribution in [1.82, 2.24) is 4.57 Å². The molecule has 30 heavy (non-hydrogen) atoms. The number of Topliss-reactive ketones (excluding diaryl/α,β-unsaturated/α-hetero) is 1. The highest BCUT2D eigenvalue weighted by Crippen LogP contribution is 2.35. The normalized spacial score (nSPS) is 12.5. The van der Waals surface area contributed by atoms with Crippen LogP contribution in [-0.4, -0.2) is 37.9 Å². The maximum Gasteiger partial charge on any atom is 0.197 e. The Kier molecular flexibility index (Phi) is 5.73. The molecule has 0 saturated heterocycles. The van der Waals surface area contributed by atoms with Crippen molar-refractivity contribution in [2.45, 2.75) is 32.7 Å². The van der Waals surface area contributed by atoms with E-state index in [-0.39, 0.29) is 23.1 Å². The van der Waals surface area contributed by atoms with Crippen LogP contribution in [0.3, 0.4) is 0 Å². The number of ketones is 1. The van der Waals surface area contributed by atoms with Crippen LogP contribution in [0.15, 0.2) is 35.1 Å². The summed E-state index contributed by atoms with van der Waals surface area (Å²) in [6.45, 7) is 5.91. The van der Waals surface area contributed by atoms with Gasteiger partial charge in [-0.25, -0.2) is 8.42 Å². The Morgan fingerprint density at radius 2 is 1.77 bits per heavy atom. The Labute approximate surface area is 180 Å². The van der Waals surface area contributed by atoms with E-state index in [0.29, 0.717) is 26.8 Å². The van der Waals surface area contributed by atoms with Gasteiger partial charge in [0.15, 0.2) is 26.8 Å². The van der Waals surface area contributed by atoms with E-state index in [1.807, 2.05) is 32.9 Å². The van der Waals surface area contributed by atoms with Crippen LogP contribution in [-0.2, 0) is 26.6 Å². The molecular formula is C22H24ClNO5S. The average Bonchev–Trinajstić information content (AvgIpc) is 2.62. The zero-order valence-electron chi connectivity index (χ0n) is 17.6. The summed E-state index contributed by atoms with van der Waals surface area (Å²) in [5.74, 6) is -0.822. The van der Waals surface area contributed by atoms with E-state index in [9.17, 15) is 18.0 Å². The summed E-state index contributed by atoms with van der Waals surface area (Å²) in [6.07, 6.45) is 1.02. The minimum absolute atomic E-state index is 0.195. The molecule has 6 nitrogen and oxygen atoms in total. The van der Waals surface area contributed by atoms with Crippen molar-refractivity contribution in [2.75, 3.05) is 19.1 Å². The number of carbonyl (C=O) groups is 1. The summed E-state index contributed by atoms with van der Waals surface area (Å²) < 4.78 is 30.4. The fourth-order valence-corrected chi connectivity index (χ4v) is 4.46. The number of pyridine rings is 1. The van der Waals surface area contributed by atoms with E-state index in [2.05, 4.69) is 0 Å². The number of fused-ring (bicyclic) bond motifs is 2. The molecule has 0 atom stereocenters. The van der Waals surface area contributed by atoms with E-state index in [0.717, 1.165) is 11.8 Å². The fraction of sp³-hybridized carbons (Fsp3) is 0.364. The van der Waals surface area contributed by atoms with Gasteiger partial charge in [-0.3, -0.25) is 9.59 Å². The zero-order valence-corrected chi connectivity index (χ0v) is 19.1. The molecule has 0 bridgehead atoms. The fourth-order valence-electron chi connectivity index (χ4n) is 3.55. The zero-order chi connectivity index (χ0) is 22.4. The number of hydrogen-bond acceptors (Lipinski definition) is 5. The summed E-state index contributed by atoms with van der Waals surface area (Å²) in [5, 5.41) is 1.08. The van der Waals surface area contributed by atoms with E-state index in [1.54, 1.807) is 22.8 Å². The van der Waals surface area contributed by atoms with Crippen LogP contribution in [0.25, 0.3) is 21.8 Å². The number of aromatic nitrogens is 1. The molecule has 0 radical (unpaired) electrons. The number of methoxy groups -OCH3 is 1. The third-order valence-electron chi connectivity index (χ3n) is 4.96. The van der Waals surface area contributed by atoms with E-state index < -0.39 is 21.4 Å². The molecule has 1 heterocycles. The van der Waals surface area contributed by atoms with E-state index >= 15 is 0 Å². The molecule has 8 heteroatoms. The second-order valence-electron chi connectivity index (χ2n) is 8.48. The molecule has 0 fully saturated rings. The van der Waals surface area contributed by atoms with Gasteiger partial charge in [-0.15, -0.1) is 0 Å². The number of hydrogen-bond donors (Lipinski definition) is 0. The van der Waals surface area contributed by atoms with Crippen molar-refractivity contribution >= 4 is 49.0 Å². The van der Waals surface area contributed by atoms with Crippen LogP contribution in [0.4, 0.5) is 0 Å². The minimum atomic E-state index is -3.50. The van der Waals surface area contributed by atoms with Gasteiger partial charge < -0.3 is 9.30 Å². The van der Waals surface area contributed by atoms with Gasteiger partial charge >= 0.3 is 0 Å². The smallest absolute Gasteiger partial charge is 0.197 e. The van der Waals surface area contributed by atoms with Crippen LogP contribution in [0, 0.1) is 0 Å². The predicted molar refractivity (Wildman–Crippen MR) is 121 cm³/mol. The first kappa shape index (κ1) is 22.3. The molecule has 0 N–H and O–H groups in total. The molecule has 0 aliphatic heterocycles. The standard InChI is InChI=1S/C22H24ClNO5S/c1-22(2,3)13-6-7-15-18(10-13)24(11-14(25)12-30(5,27)28)19-16(20(15)26)8-9-17(23)21(19)29-4/h6-10H,11-12H2,1-5H3. The van der Waals surface area contributed by atoms with Crippen molar-refractivity contribution in [2.24, 2.45) is 0 Å². The molecule has 1 aromatic heterocycles. The highest BCUT2D eigenvalue weighted by atomic mass is 35.5. The van der Waals surface area contributed by atoms with Crippen molar-refractivity contribution in [3.8, 4) is 5.75 Å². The molecule has 0 spiro atoms. The summed E-state index contributed by atoms with van der Waals surface area (Å²) in [4.78, 5) is 25.8. The second kappa shape index (κ2) is 7.71. The molecule has 160 valence electrons. The Balaban J connectivity index is 2.47.